The second-order valence-corrected chi connectivity index (χ2v) is 7.51. The molecule has 0 aromatic heterocycles. The average Bonchev–Trinajstić information content (AvgIpc) is 2.73. The van der Waals surface area contributed by atoms with E-state index < -0.39 is 0 Å². The summed E-state index contributed by atoms with van der Waals surface area (Å²) in [4.78, 5) is 16.9. The second kappa shape index (κ2) is 9.50. The first-order chi connectivity index (χ1) is 14.0. The average molecular weight is 395 g/mol. The van der Waals surface area contributed by atoms with E-state index in [0.717, 1.165) is 31.7 Å². The van der Waals surface area contributed by atoms with Crippen LogP contribution < -0.4 is 14.4 Å². The number of hydrogen-bond donors (Lipinski definition) is 0. The molecule has 1 amide bonds. The predicted octanol–water partition coefficient (Wildman–Crippen LogP) is 4.15. The molecule has 0 bridgehead atoms. The van der Waals surface area contributed by atoms with Gasteiger partial charge in [-0.3, -0.25) is 4.79 Å². The Bertz CT molecular complexity index is 868. The molecule has 1 aliphatic heterocycles. The summed E-state index contributed by atoms with van der Waals surface area (Å²) < 4.78 is 11.2. The Morgan fingerprint density at radius 1 is 1.03 bits per heavy atom. The SMILES string of the molecule is COc1cc(/C=C/C(=O)N2CCN(c3ccccc3C)CC2)ccc1OC(C)C. The monoisotopic (exact) mass is 394 g/mol. The molecular weight excluding hydrogens is 364 g/mol. The van der Waals surface area contributed by atoms with E-state index in [1.54, 1.807) is 13.2 Å². The smallest absolute Gasteiger partial charge is 0.246 e. The molecule has 1 aliphatic rings. The molecule has 0 radical (unpaired) electrons. The zero-order chi connectivity index (χ0) is 20.8. The molecule has 5 heteroatoms. The van der Waals surface area contributed by atoms with Crippen LogP contribution in [-0.2, 0) is 4.79 Å². The lowest BCUT2D eigenvalue weighted by molar-refractivity contribution is -0.126. The van der Waals surface area contributed by atoms with Crippen molar-refractivity contribution >= 4 is 17.7 Å². The van der Waals surface area contributed by atoms with Crippen LogP contribution in [0.2, 0.25) is 0 Å². The maximum atomic E-state index is 12.6. The summed E-state index contributed by atoms with van der Waals surface area (Å²) in [5.74, 6) is 1.41. The van der Waals surface area contributed by atoms with Crippen LogP contribution in [0.1, 0.15) is 25.0 Å². The summed E-state index contributed by atoms with van der Waals surface area (Å²) in [5.41, 5.74) is 3.43. The molecule has 3 rings (SSSR count). The molecule has 0 spiro atoms. The lowest BCUT2D eigenvalue weighted by atomic mass is 10.1. The fourth-order valence-corrected chi connectivity index (χ4v) is 3.50. The predicted molar refractivity (Wildman–Crippen MR) is 118 cm³/mol. The highest BCUT2D eigenvalue weighted by molar-refractivity contribution is 5.92. The first-order valence-electron chi connectivity index (χ1n) is 10.1. The number of methoxy groups -OCH3 is 1. The molecular formula is C24H30N2O3. The Balaban J connectivity index is 1.59. The van der Waals surface area contributed by atoms with E-state index in [9.17, 15) is 4.79 Å². The molecule has 0 saturated carbocycles. The molecule has 154 valence electrons. The van der Waals surface area contributed by atoms with Crippen LogP contribution in [0.3, 0.4) is 0 Å². The number of carbonyl (C=O) groups excluding carboxylic acids is 1. The molecule has 1 fully saturated rings. The third kappa shape index (κ3) is 5.31. The minimum Gasteiger partial charge on any atom is -0.493 e. The molecule has 2 aromatic rings. The highest BCUT2D eigenvalue weighted by Gasteiger charge is 2.20. The van der Waals surface area contributed by atoms with Crippen molar-refractivity contribution < 1.29 is 14.3 Å². The van der Waals surface area contributed by atoms with Gasteiger partial charge in [-0.05, 0) is 56.2 Å². The Labute approximate surface area is 173 Å². The molecule has 5 nitrogen and oxygen atoms in total. The van der Waals surface area contributed by atoms with Crippen molar-refractivity contribution in [2.75, 3.05) is 38.2 Å². The molecule has 2 aromatic carbocycles. The quantitative estimate of drug-likeness (QED) is 0.690. The van der Waals surface area contributed by atoms with Crippen LogP contribution in [0.5, 0.6) is 11.5 Å². The lowest BCUT2D eigenvalue weighted by Gasteiger charge is -2.36. The minimum atomic E-state index is 0.0379. The van der Waals surface area contributed by atoms with Crippen molar-refractivity contribution in [3.8, 4) is 11.5 Å². The number of ether oxygens (including phenoxy) is 2. The first-order valence-corrected chi connectivity index (χ1v) is 10.1. The molecule has 0 aliphatic carbocycles. The highest BCUT2D eigenvalue weighted by atomic mass is 16.5. The van der Waals surface area contributed by atoms with Crippen LogP contribution in [0.4, 0.5) is 5.69 Å². The van der Waals surface area contributed by atoms with E-state index in [2.05, 4.69) is 36.1 Å². The van der Waals surface area contributed by atoms with Crippen molar-refractivity contribution in [2.45, 2.75) is 26.9 Å². The summed E-state index contributed by atoms with van der Waals surface area (Å²) in [5, 5.41) is 0. The Morgan fingerprint density at radius 3 is 2.41 bits per heavy atom. The number of anilines is 1. The van der Waals surface area contributed by atoms with Crippen LogP contribution >= 0.6 is 0 Å². The highest BCUT2D eigenvalue weighted by Crippen LogP contribution is 2.29. The van der Waals surface area contributed by atoms with Crippen LogP contribution in [0.25, 0.3) is 6.08 Å². The van der Waals surface area contributed by atoms with Gasteiger partial charge in [-0.25, -0.2) is 0 Å². The van der Waals surface area contributed by atoms with Gasteiger partial charge in [0, 0.05) is 37.9 Å². The number of piperazine rings is 1. The van der Waals surface area contributed by atoms with Gasteiger partial charge in [0.2, 0.25) is 5.91 Å². The normalized spacial score (nSPS) is 14.5. The Hall–Kier alpha value is -2.95. The third-order valence-corrected chi connectivity index (χ3v) is 5.02. The summed E-state index contributed by atoms with van der Waals surface area (Å²) in [6, 6.07) is 14.1. The van der Waals surface area contributed by atoms with E-state index in [-0.39, 0.29) is 12.0 Å². The molecule has 1 saturated heterocycles. The molecule has 0 unspecified atom stereocenters. The van der Waals surface area contributed by atoms with Crippen LogP contribution in [0, 0.1) is 6.92 Å². The van der Waals surface area contributed by atoms with Gasteiger partial charge in [-0.2, -0.15) is 0 Å². The summed E-state index contributed by atoms with van der Waals surface area (Å²) >= 11 is 0. The second-order valence-electron chi connectivity index (χ2n) is 7.51. The van der Waals surface area contributed by atoms with Gasteiger partial charge < -0.3 is 19.3 Å². The number of hydrogen-bond acceptors (Lipinski definition) is 4. The zero-order valence-electron chi connectivity index (χ0n) is 17.7. The van der Waals surface area contributed by atoms with Crippen LogP contribution in [-0.4, -0.2) is 50.2 Å². The van der Waals surface area contributed by atoms with Crippen molar-refractivity contribution in [3.05, 3.63) is 59.7 Å². The minimum absolute atomic E-state index is 0.0379. The fourth-order valence-electron chi connectivity index (χ4n) is 3.50. The topological polar surface area (TPSA) is 42.0 Å². The molecule has 0 N–H and O–H groups in total. The molecule has 0 atom stereocenters. The standard InChI is InChI=1S/C24H30N2O3/c1-18(2)29-22-11-9-20(17-23(22)28-4)10-12-24(27)26-15-13-25(14-16-26)21-8-6-5-7-19(21)3/h5-12,17-18H,13-16H2,1-4H3/b12-10+. The van der Waals surface area contributed by atoms with E-state index in [1.165, 1.54) is 11.3 Å². The number of amides is 1. The van der Waals surface area contributed by atoms with Crippen molar-refractivity contribution in [1.82, 2.24) is 4.90 Å². The van der Waals surface area contributed by atoms with Gasteiger partial charge in [0.15, 0.2) is 11.5 Å². The molecule has 29 heavy (non-hydrogen) atoms. The fraction of sp³-hybridized carbons (Fsp3) is 0.375. The number of carbonyl (C=O) groups is 1. The lowest BCUT2D eigenvalue weighted by Crippen LogP contribution is -2.48. The number of aryl methyl sites for hydroxylation is 1. The van der Waals surface area contributed by atoms with E-state index in [1.807, 2.05) is 43.0 Å². The van der Waals surface area contributed by atoms with E-state index >= 15 is 0 Å². The van der Waals surface area contributed by atoms with Gasteiger partial charge >= 0.3 is 0 Å². The van der Waals surface area contributed by atoms with Crippen molar-refractivity contribution in [1.29, 1.82) is 0 Å². The van der Waals surface area contributed by atoms with Gasteiger partial charge in [-0.1, -0.05) is 24.3 Å². The van der Waals surface area contributed by atoms with Gasteiger partial charge in [0.05, 0.1) is 13.2 Å². The number of nitrogens with zero attached hydrogens (tertiary/aromatic N) is 2. The summed E-state index contributed by atoms with van der Waals surface area (Å²) in [7, 11) is 1.62. The van der Waals surface area contributed by atoms with Gasteiger partial charge in [0.1, 0.15) is 0 Å². The van der Waals surface area contributed by atoms with Crippen LogP contribution in [0.15, 0.2) is 48.5 Å². The van der Waals surface area contributed by atoms with E-state index in [4.69, 9.17) is 9.47 Å². The number of benzene rings is 2. The first kappa shape index (κ1) is 20.8. The maximum Gasteiger partial charge on any atom is 0.246 e. The summed E-state index contributed by atoms with van der Waals surface area (Å²) in [6.45, 7) is 9.22. The Kier molecular flexibility index (Phi) is 6.81. The molecule has 1 heterocycles. The number of rotatable bonds is 6. The van der Waals surface area contributed by atoms with Crippen molar-refractivity contribution in [2.24, 2.45) is 0 Å². The largest absolute Gasteiger partial charge is 0.493 e. The van der Waals surface area contributed by atoms with Gasteiger partial charge in [-0.15, -0.1) is 0 Å². The van der Waals surface area contributed by atoms with Gasteiger partial charge in [0.25, 0.3) is 0 Å². The van der Waals surface area contributed by atoms with Crippen molar-refractivity contribution in [3.63, 3.8) is 0 Å². The zero-order valence-corrected chi connectivity index (χ0v) is 17.7. The Morgan fingerprint density at radius 2 is 1.76 bits per heavy atom. The summed E-state index contributed by atoms with van der Waals surface area (Å²) in [6.07, 6.45) is 3.55. The number of para-hydroxylation sites is 1. The maximum absolute atomic E-state index is 12.6. The van der Waals surface area contributed by atoms with E-state index in [0.29, 0.717) is 11.5 Å². The third-order valence-electron chi connectivity index (χ3n) is 5.02.